The Labute approximate surface area is 128 Å². The number of hydrogen-bond donors (Lipinski definition) is 0. The van der Waals surface area contributed by atoms with Crippen molar-refractivity contribution in [2.45, 2.75) is 83.8 Å². The number of rotatable bonds is 4. The lowest BCUT2D eigenvalue weighted by Gasteiger charge is -2.53. The van der Waals surface area contributed by atoms with Gasteiger partial charge in [0.1, 0.15) is 0 Å². The molecule has 0 aromatic carbocycles. The molecular weight excluding hydrogens is 300 g/mol. The Morgan fingerprint density at radius 3 is 2.47 bits per heavy atom. The highest BCUT2D eigenvalue weighted by molar-refractivity contribution is 9.09. The second-order valence-corrected chi connectivity index (χ2v) is 8.66. The van der Waals surface area contributed by atoms with E-state index >= 15 is 0 Å². The summed E-state index contributed by atoms with van der Waals surface area (Å²) >= 11 is 3.82. The van der Waals surface area contributed by atoms with Crippen LogP contribution in [0.25, 0.3) is 0 Å². The molecule has 0 bridgehead atoms. The minimum Gasteiger partial charge on any atom is -0.374 e. The van der Waals surface area contributed by atoms with Crippen molar-refractivity contribution < 1.29 is 4.74 Å². The number of halogens is 1. The van der Waals surface area contributed by atoms with E-state index in [1.807, 2.05) is 0 Å². The first-order valence-electron chi connectivity index (χ1n) is 8.18. The predicted molar refractivity (Wildman–Crippen MR) is 85.7 cm³/mol. The summed E-state index contributed by atoms with van der Waals surface area (Å²) in [6.07, 6.45) is 7.39. The first-order chi connectivity index (χ1) is 8.88. The van der Waals surface area contributed by atoms with E-state index in [0.717, 1.165) is 17.8 Å². The van der Waals surface area contributed by atoms with Gasteiger partial charge in [-0.05, 0) is 43.4 Å². The normalized spacial score (nSPS) is 47.2. The maximum atomic E-state index is 6.62. The summed E-state index contributed by atoms with van der Waals surface area (Å²) in [6.45, 7) is 11.8. The van der Waals surface area contributed by atoms with Gasteiger partial charge in [-0.2, -0.15) is 0 Å². The molecule has 0 saturated heterocycles. The minimum atomic E-state index is 0.349. The number of hydrogen-bond acceptors (Lipinski definition) is 1. The molecule has 0 N–H and O–H groups in total. The summed E-state index contributed by atoms with van der Waals surface area (Å²) in [7, 11) is 0. The minimum absolute atomic E-state index is 0.349. The summed E-state index contributed by atoms with van der Waals surface area (Å²) in [5.74, 6) is 2.37. The summed E-state index contributed by atoms with van der Waals surface area (Å²) in [4.78, 5) is 0.647. The summed E-state index contributed by atoms with van der Waals surface area (Å²) in [5.41, 5.74) is 0.349. The van der Waals surface area contributed by atoms with Crippen molar-refractivity contribution in [3.8, 4) is 0 Å². The third-order valence-corrected chi connectivity index (χ3v) is 7.35. The molecular formula is C17H31BrO. The van der Waals surface area contributed by atoms with Gasteiger partial charge in [0.25, 0.3) is 0 Å². The Bertz CT molecular complexity index is 304. The average molecular weight is 331 g/mol. The van der Waals surface area contributed by atoms with Crippen LogP contribution in [-0.2, 0) is 4.74 Å². The van der Waals surface area contributed by atoms with Gasteiger partial charge in [0, 0.05) is 10.2 Å². The molecule has 0 aliphatic heterocycles. The second-order valence-electron chi connectivity index (χ2n) is 7.55. The summed E-state index contributed by atoms with van der Waals surface area (Å²) < 4.78 is 6.62. The molecule has 0 aromatic rings. The molecule has 0 spiro atoms. The van der Waals surface area contributed by atoms with Crippen molar-refractivity contribution in [2.75, 3.05) is 0 Å². The molecule has 6 unspecified atom stereocenters. The fourth-order valence-corrected chi connectivity index (χ4v) is 4.87. The Hall–Kier alpha value is 0.440. The van der Waals surface area contributed by atoms with Gasteiger partial charge in [0.15, 0.2) is 0 Å². The van der Waals surface area contributed by atoms with E-state index in [2.05, 4.69) is 50.5 Å². The highest BCUT2D eigenvalue weighted by Gasteiger charge is 2.51. The molecule has 2 rings (SSSR count). The van der Waals surface area contributed by atoms with E-state index in [1.54, 1.807) is 0 Å². The van der Waals surface area contributed by atoms with Crippen LogP contribution >= 0.6 is 15.9 Å². The molecule has 0 heterocycles. The quantitative estimate of drug-likeness (QED) is 0.625. The van der Waals surface area contributed by atoms with E-state index in [0.29, 0.717) is 22.5 Å². The first-order valence-corrected chi connectivity index (χ1v) is 9.09. The Morgan fingerprint density at radius 1 is 1.26 bits per heavy atom. The van der Waals surface area contributed by atoms with Gasteiger partial charge in [0.2, 0.25) is 0 Å². The van der Waals surface area contributed by atoms with Gasteiger partial charge in [-0.3, -0.25) is 0 Å². The zero-order valence-corrected chi connectivity index (χ0v) is 14.9. The molecule has 2 aliphatic rings. The van der Waals surface area contributed by atoms with Crippen LogP contribution in [0.5, 0.6) is 0 Å². The van der Waals surface area contributed by atoms with Crippen LogP contribution in [0.3, 0.4) is 0 Å². The molecule has 6 atom stereocenters. The van der Waals surface area contributed by atoms with E-state index in [4.69, 9.17) is 4.74 Å². The average Bonchev–Trinajstić information content (AvgIpc) is 2.37. The third kappa shape index (κ3) is 3.05. The lowest BCUT2D eigenvalue weighted by molar-refractivity contribution is -0.162. The highest BCUT2D eigenvalue weighted by atomic mass is 79.9. The Balaban J connectivity index is 2.00. The second kappa shape index (κ2) is 6.05. The standard InChI is InChI=1S/C17H31BrO/c1-6-17(5)15(18)10-16(17)19-14-9-12(4)7-8-13(14)11(2)3/h11-16H,6-10H2,1-5H3. The van der Waals surface area contributed by atoms with Crippen molar-refractivity contribution in [1.82, 2.24) is 0 Å². The third-order valence-electron chi connectivity index (χ3n) is 5.93. The molecule has 2 heteroatoms. The smallest absolute Gasteiger partial charge is 0.0654 e. The molecule has 112 valence electrons. The van der Waals surface area contributed by atoms with Crippen LogP contribution in [0.15, 0.2) is 0 Å². The van der Waals surface area contributed by atoms with Crippen LogP contribution < -0.4 is 0 Å². The highest BCUT2D eigenvalue weighted by Crippen LogP contribution is 2.51. The molecule has 2 saturated carbocycles. The number of alkyl halides is 1. The molecule has 2 aliphatic carbocycles. The van der Waals surface area contributed by atoms with E-state index in [-0.39, 0.29) is 0 Å². The summed E-state index contributed by atoms with van der Waals surface area (Å²) in [6, 6.07) is 0. The van der Waals surface area contributed by atoms with E-state index in [9.17, 15) is 0 Å². The predicted octanol–water partition coefficient (Wildman–Crippen LogP) is 5.42. The van der Waals surface area contributed by atoms with Gasteiger partial charge >= 0.3 is 0 Å². The topological polar surface area (TPSA) is 9.23 Å². The van der Waals surface area contributed by atoms with Gasteiger partial charge in [-0.1, -0.05) is 57.0 Å². The van der Waals surface area contributed by atoms with Crippen molar-refractivity contribution in [3.05, 3.63) is 0 Å². The monoisotopic (exact) mass is 330 g/mol. The lowest BCUT2D eigenvalue weighted by Crippen LogP contribution is -2.55. The van der Waals surface area contributed by atoms with E-state index < -0.39 is 0 Å². The fourth-order valence-electron chi connectivity index (χ4n) is 3.91. The maximum Gasteiger partial charge on any atom is 0.0654 e. The van der Waals surface area contributed by atoms with Crippen molar-refractivity contribution in [1.29, 1.82) is 0 Å². The molecule has 0 amide bonds. The summed E-state index contributed by atoms with van der Waals surface area (Å²) in [5, 5.41) is 0. The Kier molecular flexibility index (Phi) is 5.04. The van der Waals surface area contributed by atoms with Crippen molar-refractivity contribution in [2.24, 2.45) is 23.2 Å². The molecule has 2 fully saturated rings. The lowest BCUT2D eigenvalue weighted by atomic mass is 9.65. The Morgan fingerprint density at radius 2 is 1.95 bits per heavy atom. The van der Waals surface area contributed by atoms with Crippen LogP contribution in [0.4, 0.5) is 0 Å². The largest absolute Gasteiger partial charge is 0.374 e. The van der Waals surface area contributed by atoms with E-state index in [1.165, 1.54) is 32.1 Å². The van der Waals surface area contributed by atoms with Crippen LogP contribution in [-0.4, -0.2) is 17.0 Å². The van der Waals surface area contributed by atoms with Crippen LogP contribution in [0.2, 0.25) is 0 Å². The fraction of sp³-hybridized carbons (Fsp3) is 1.00. The SMILES string of the molecule is CCC1(C)C(Br)CC1OC1CC(C)CCC1C(C)C. The van der Waals surface area contributed by atoms with Gasteiger partial charge < -0.3 is 4.74 Å². The van der Waals surface area contributed by atoms with Gasteiger partial charge in [-0.25, -0.2) is 0 Å². The molecule has 1 nitrogen and oxygen atoms in total. The van der Waals surface area contributed by atoms with Crippen LogP contribution in [0, 0.1) is 23.2 Å². The zero-order chi connectivity index (χ0) is 14.2. The molecule has 0 aromatic heterocycles. The van der Waals surface area contributed by atoms with Crippen molar-refractivity contribution in [3.63, 3.8) is 0 Å². The van der Waals surface area contributed by atoms with Gasteiger partial charge in [0.05, 0.1) is 12.2 Å². The molecule has 19 heavy (non-hydrogen) atoms. The maximum absolute atomic E-state index is 6.62. The first kappa shape index (κ1) is 15.8. The molecule has 0 radical (unpaired) electrons. The van der Waals surface area contributed by atoms with Gasteiger partial charge in [-0.15, -0.1) is 0 Å². The van der Waals surface area contributed by atoms with Crippen molar-refractivity contribution >= 4 is 15.9 Å². The zero-order valence-electron chi connectivity index (χ0n) is 13.3. The van der Waals surface area contributed by atoms with Crippen LogP contribution in [0.1, 0.15) is 66.7 Å². The number of ether oxygens (including phenoxy) is 1.